The maximum absolute atomic E-state index is 6.57. The highest BCUT2D eigenvalue weighted by molar-refractivity contribution is 9.11. The number of alkyl halides is 1. The molecule has 1 unspecified atom stereocenters. The molecule has 0 saturated heterocycles. The first-order chi connectivity index (χ1) is 9.56. The average Bonchev–Trinajstić information content (AvgIpc) is 2.45. The summed E-state index contributed by atoms with van der Waals surface area (Å²) in [5.74, 6) is 1.36. The first-order valence-electron chi connectivity index (χ1n) is 5.87. The van der Waals surface area contributed by atoms with Crippen LogP contribution in [-0.4, -0.2) is 14.2 Å². The van der Waals surface area contributed by atoms with E-state index in [1.807, 2.05) is 36.4 Å². The van der Waals surface area contributed by atoms with E-state index in [1.54, 1.807) is 14.2 Å². The fourth-order valence-corrected chi connectivity index (χ4v) is 3.63. The van der Waals surface area contributed by atoms with Crippen molar-refractivity contribution in [3.63, 3.8) is 0 Å². The van der Waals surface area contributed by atoms with Crippen LogP contribution in [0.15, 0.2) is 45.3 Å². The van der Waals surface area contributed by atoms with E-state index < -0.39 is 0 Å². The fourth-order valence-electron chi connectivity index (χ4n) is 1.90. The van der Waals surface area contributed by atoms with Crippen molar-refractivity contribution in [1.82, 2.24) is 0 Å². The van der Waals surface area contributed by atoms with Gasteiger partial charge in [-0.2, -0.15) is 0 Å². The number of halogens is 3. The Labute approximate surface area is 140 Å². The molecule has 2 rings (SSSR count). The van der Waals surface area contributed by atoms with Crippen LogP contribution in [0.2, 0.25) is 0 Å². The lowest BCUT2D eigenvalue weighted by Gasteiger charge is -2.15. The van der Waals surface area contributed by atoms with E-state index in [1.165, 1.54) is 0 Å². The molecule has 20 heavy (non-hydrogen) atoms. The Morgan fingerprint density at radius 1 is 0.950 bits per heavy atom. The number of ether oxygens (including phenoxy) is 2. The summed E-state index contributed by atoms with van der Waals surface area (Å²) in [5, 5.41) is -0.266. The number of hydrogen-bond donors (Lipinski definition) is 0. The summed E-state index contributed by atoms with van der Waals surface area (Å²) in [6.07, 6.45) is 0. The van der Waals surface area contributed by atoms with Crippen LogP contribution in [0.25, 0.3) is 0 Å². The molecule has 0 spiro atoms. The van der Waals surface area contributed by atoms with Crippen molar-refractivity contribution >= 4 is 43.5 Å². The third-order valence-electron chi connectivity index (χ3n) is 2.94. The Balaban J connectivity index is 2.40. The molecule has 0 aliphatic carbocycles. The zero-order valence-corrected chi connectivity index (χ0v) is 14.9. The van der Waals surface area contributed by atoms with E-state index in [-0.39, 0.29) is 5.38 Å². The standard InChI is InChI=1S/C15H13Br2ClO2/c1-19-13-6-3-9(7-14(13)20-2)15(18)11-5-4-10(16)8-12(11)17/h3-8,15H,1-2H3. The van der Waals surface area contributed by atoms with E-state index in [9.17, 15) is 0 Å². The highest BCUT2D eigenvalue weighted by Crippen LogP contribution is 2.38. The topological polar surface area (TPSA) is 18.5 Å². The summed E-state index contributed by atoms with van der Waals surface area (Å²) >= 11 is 13.5. The Kier molecular flexibility index (Phi) is 5.35. The van der Waals surface area contributed by atoms with Gasteiger partial charge in [-0.25, -0.2) is 0 Å². The Morgan fingerprint density at radius 3 is 2.25 bits per heavy atom. The van der Waals surface area contributed by atoms with E-state index in [4.69, 9.17) is 21.1 Å². The van der Waals surface area contributed by atoms with Gasteiger partial charge in [0.1, 0.15) is 0 Å². The van der Waals surface area contributed by atoms with Gasteiger partial charge in [-0.3, -0.25) is 0 Å². The smallest absolute Gasteiger partial charge is 0.161 e. The molecule has 5 heteroatoms. The molecule has 0 bridgehead atoms. The molecule has 0 aliphatic heterocycles. The first kappa shape index (κ1) is 15.7. The van der Waals surface area contributed by atoms with Crippen LogP contribution in [-0.2, 0) is 0 Å². The molecule has 0 fully saturated rings. The zero-order valence-electron chi connectivity index (χ0n) is 11.0. The average molecular weight is 421 g/mol. The van der Waals surface area contributed by atoms with Gasteiger partial charge in [-0.05, 0) is 35.4 Å². The Bertz CT molecular complexity index is 617. The van der Waals surface area contributed by atoms with Crippen molar-refractivity contribution in [3.05, 3.63) is 56.5 Å². The largest absolute Gasteiger partial charge is 0.493 e. The molecule has 2 aromatic rings. The van der Waals surface area contributed by atoms with Gasteiger partial charge < -0.3 is 9.47 Å². The Morgan fingerprint density at radius 2 is 1.65 bits per heavy atom. The summed E-state index contributed by atoms with van der Waals surface area (Å²) in [4.78, 5) is 0. The van der Waals surface area contributed by atoms with Crippen LogP contribution in [0.4, 0.5) is 0 Å². The van der Waals surface area contributed by atoms with Gasteiger partial charge in [-0.1, -0.05) is 44.0 Å². The summed E-state index contributed by atoms with van der Waals surface area (Å²) in [6, 6.07) is 11.6. The van der Waals surface area contributed by atoms with E-state index in [0.717, 1.165) is 20.1 Å². The van der Waals surface area contributed by atoms with E-state index >= 15 is 0 Å². The number of benzene rings is 2. The van der Waals surface area contributed by atoms with Gasteiger partial charge in [0.05, 0.1) is 19.6 Å². The van der Waals surface area contributed by atoms with E-state index in [2.05, 4.69) is 31.9 Å². The summed E-state index contributed by atoms with van der Waals surface area (Å²) < 4.78 is 12.5. The summed E-state index contributed by atoms with van der Waals surface area (Å²) in [5.41, 5.74) is 1.95. The van der Waals surface area contributed by atoms with Crippen LogP contribution < -0.4 is 9.47 Å². The zero-order chi connectivity index (χ0) is 14.7. The SMILES string of the molecule is COc1ccc(C(Cl)c2ccc(Br)cc2Br)cc1OC. The number of hydrogen-bond acceptors (Lipinski definition) is 2. The first-order valence-corrected chi connectivity index (χ1v) is 7.90. The predicted molar refractivity (Wildman–Crippen MR) is 89.1 cm³/mol. The maximum atomic E-state index is 6.57. The van der Waals surface area contributed by atoms with E-state index in [0.29, 0.717) is 11.5 Å². The minimum absolute atomic E-state index is 0.266. The monoisotopic (exact) mass is 418 g/mol. The van der Waals surface area contributed by atoms with Gasteiger partial charge in [0.2, 0.25) is 0 Å². The van der Waals surface area contributed by atoms with Crippen LogP contribution in [0.5, 0.6) is 11.5 Å². The quantitative estimate of drug-likeness (QED) is 0.603. The van der Waals surface area contributed by atoms with Gasteiger partial charge in [-0.15, -0.1) is 11.6 Å². The van der Waals surface area contributed by atoms with Crippen molar-refractivity contribution < 1.29 is 9.47 Å². The lowest BCUT2D eigenvalue weighted by Crippen LogP contribution is -1.97. The molecule has 1 atom stereocenters. The molecule has 2 aromatic carbocycles. The van der Waals surface area contributed by atoms with Gasteiger partial charge >= 0.3 is 0 Å². The van der Waals surface area contributed by atoms with Gasteiger partial charge in [0, 0.05) is 8.95 Å². The molecule has 0 aromatic heterocycles. The number of rotatable bonds is 4. The maximum Gasteiger partial charge on any atom is 0.161 e. The second-order valence-corrected chi connectivity index (χ2v) is 6.35. The lowest BCUT2D eigenvalue weighted by atomic mass is 10.0. The van der Waals surface area contributed by atoms with Crippen molar-refractivity contribution in [2.45, 2.75) is 5.38 Å². The Hall–Kier alpha value is -0.710. The van der Waals surface area contributed by atoms with Crippen molar-refractivity contribution in [2.24, 2.45) is 0 Å². The minimum Gasteiger partial charge on any atom is -0.493 e. The summed E-state index contributed by atoms with van der Waals surface area (Å²) in [6.45, 7) is 0. The molecule has 0 heterocycles. The van der Waals surface area contributed by atoms with Crippen LogP contribution >= 0.6 is 43.5 Å². The molecule has 106 valence electrons. The molecular formula is C15H13Br2ClO2. The van der Waals surface area contributed by atoms with Crippen molar-refractivity contribution in [1.29, 1.82) is 0 Å². The molecular weight excluding hydrogens is 407 g/mol. The molecule has 0 radical (unpaired) electrons. The second-order valence-electron chi connectivity index (χ2n) is 4.14. The fraction of sp³-hybridized carbons (Fsp3) is 0.200. The predicted octanol–water partition coefficient (Wildman–Crippen LogP) is 5.56. The van der Waals surface area contributed by atoms with Gasteiger partial charge in [0.25, 0.3) is 0 Å². The minimum atomic E-state index is -0.266. The lowest BCUT2D eigenvalue weighted by molar-refractivity contribution is 0.354. The van der Waals surface area contributed by atoms with Crippen molar-refractivity contribution in [2.75, 3.05) is 14.2 Å². The van der Waals surface area contributed by atoms with Crippen molar-refractivity contribution in [3.8, 4) is 11.5 Å². The molecule has 2 nitrogen and oxygen atoms in total. The van der Waals surface area contributed by atoms with Gasteiger partial charge in [0.15, 0.2) is 11.5 Å². The van der Waals surface area contributed by atoms with Crippen LogP contribution in [0.3, 0.4) is 0 Å². The molecule has 0 saturated carbocycles. The summed E-state index contributed by atoms with van der Waals surface area (Å²) in [7, 11) is 3.22. The highest BCUT2D eigenvalue weighted by atomic mass is 79.9. The number of methoxy groups -OCH3 is 2. The molecule has 0 amide bonds. The third-order valence-corrected chi connectivity index (χ3v) is 4.60. The van der Waals surface area contributed by atoms with Crippen LogP contribution in [0, 0.1) is 0 Å². The second kappa shape index (κ2) is 6.83. The molecule has 0 aliphatic rings. The normalized spacial score (nSPS) is 12.1. The van der Waals surface area contributed by atoms with Crippen LogP contribution in [0.1, 0.15) is 16.5 Å². The molecule has 0 N–H and O–H groups in total. The third kappa shape index (κ3) is 3.30. The highest BCUT2D eigenvalue weighted by Gasteiger charge is 2.16.